The minimum Gasteiger partial charge on any atom is -0.392 e. The summed E-state index contributed by atoms with van der Waals surface area (Å²) >= 11 is 1.13. The standard InChI is InChI=1S/C28H34F2N6O3S/c1-2-36-27(39)23(40-28(36)24(31)26(38)34-22-15-19(29)14-20(30)16-22)17-33-21-8-5-7-18(13-21)25(37)32-9-6-12-35-10-3-4-11-35/h5,7-8,13-16,23,33H,2-4,6,9-12,17,31H2,1H3,(H,32,37)(H,34,38)/b28-24+/t23-/m1/s1. The van der Waals surface area contributed by atoms with Gasteiger partial charge in [0.15, 0.2) is 0 Å². The molecule has 2 fully saturated rings. The molecule has 5 N–H and O–H groups in total. The van der Waals surface area contributed by atoms with E-state index in [1.54, 1.807) is 25.1 Å². The summed E-state index contributed by atoms with van der Waals surface area (Å²) in [5.41, 5.74) is 6.96. The first-order valence-electron chi connectivity index (χ1n) is 13.3. The van der Waals surface area contributed by atoms with Gasteiger partial charge in [0.1, 0.15) is 27.6 Å². The van der Waals surface area contributed by atoms with Gasteiger partial charge in [0.25, 0.3) is 11.8 Å². The van der Waals surface area contributed by atoms with Crippen molar-refractivity contribution in [1.82, 2.24) is 15.1 Å². The predicted octanol–water partition coefficient (Wildman–Crippen LogP) is 3.32. The zero-order chi connectivity index (χ0) is 28.6. The Bertz CT molecular complexity index is 1260. The summed E-state index contributed by atoms with van der Waals surface area (Å²) in [6, 6.07) is 9.68. The highest BCUT2D eigenvalue weighted by Crippen LogP contribution is 2.36. The van der Waals surface area contributed by atoms with Crippen molar-refractivity contribution >= 4 is 40.9 Å². The zero-order valence-electron chi connectivity index (χ0n) is 22.3. The van der Waals surface area contributed by atoms with E-state index in [2.05, 4.69) is 20.9 Å². The van der Waals surface area contributed by atoms with Crippen LogP contribution in [0.3, 0.4) is 0 Å². The van der Waals surface area contributed by atoms with E-state index in [9.17, 15) is 23.2 Å². The molecule has 3 amide bonds. The number of benzene rings is 2. The van der Waals surface area contributed by atoms with Crippen LogP contribution >= 0.6 is 11.8 Å². The maximum Gasteiger partial charge on any atom is 0.274 e. The topological polar surface area (TPSA) is 120 Å². The first-order valence-corrected chi connectivity index (χ1v) is 14.2. The molecule has 12 heteroatoms. The molecule has 2 aromatic rings. The van der Waals surface area contributed by atoms with Crippen molar-refractivity contribution in [2.24, 2.45) is 5.73 Å². The molecule has 2 aliphatic heterocycles. The Kier molecular flexibility index (Phi) is 9.99. The van der Waals surface area contributed by atoms with Crippen LogP contribution in [-0.2, 0) is 9.59 Å². The van der Waals surface area contributed by atoms with Crippen LogP contribution in [-0.4, -0.2) is 72.0 Å². The van der Waals surface area contributed by atoms with Gasteiger partial charge in [-0.05, 0) is 76.2 Å². The van der Waals surface area contributed by atoms with Gasteiger partial charge in [-0.15, -0.1) is 0 Å². The second kappa shape index (κ2) is 13.6. The van der Waals surface area contributed by atoms with Gasteiger partial charge in [0.2, 0.25) is 5.91 Å². The molecule has 0 aromatic heterocycles. The third-order valence-electron chi connectivity index (χ3n) is 6.70. The summed E-state index contributed by atoms with van der Waals surface area (Å²) in [6.45, 7) is 6.12. The maximum atomic E-state index is 13.5. The Labute approximate surface area is 236 Å². The second-order valence-electron chi connectivity index (χ2n) is 9.64. The van der Waals surface area contributed by atoms with E-state index in [4.69, 9.17) is 5.73 Å². The lowest BCUT2D eigenvalue weighted by atomic mass is 10.2. The zero-order valence-corrected chi connectivity index (χ0v) is 23.2. The van der Waals surface area contributed by atoms with Crippen molar-refractivity contribution in [1.29, 1.82) is 0 Å². The van der Waals surface area contributed by atoms with Crippen LogP contribution in [0.5, 0.6) is 0 Å². The Morgan fingerprint density at radius 3 is 2.50 bits per heavy atom. The highest BCUT2D eigenvalue weighted by Gasteiger charge is 2.38. The average Bonchev–Trinajstić information content (AvgIpc) is 3.56. The number of nitrogens with two attached hydrogens (primary N) is 1. The van der Waals surface area contributed by atoms with Crippen LogP contribution in [0.4, 0.5) is 20.2 Å². The van der Waals surface area contributed by atoms with E-state index in [0.29, 0.717) is 23.9 Å². The van der Waals surface area contributed by atoms with Crippen molar-refractivity contribution in [3.63, 3.8) is 0 Å². The number of carbonyl (C=O) groups is 3. The molecule has 9 nitrogen and oxygen atoms in total. The lowest BCUT2D eigenvalue weighted by molar-refractivity contribution is -0.127. The van der Waals surface area contributed by atoms with Gasteiger partial charge in [0, 0.05) is 42.6 Å². The monoisotopic (exact) mass is 572 g/mol. The van der Waals surface area contributed by atoms with Crippen molar-refractivity contribution in [3.05, 3.63) is 70.4 Å². The minimum atomic E-state index is -0.840. The molecular formula is C28H34F2N6O3S. The number of nitrogens with one attached hydrogen (secondary N) is 3. The predicted molar refractivity (Wildman–Crippen MR) is 153 cm³/mol. The van der Waals surface area contributed by atoms with Gasteiger partial charge >= 0.3 is 0 Å². The number of hydrogen-bond donors (Lipinski definition) is 4. The summed E-state index contributed by atoms with van der Waals surface area (Å²) in [5, 5.41) is 8.24. The quantitative estimate of drug-likeness (QED) is 0.241. The van der Waals surface area contributed by atoms with Crippen molar-refractivity contribution in [2.45, 2.75) is 31.4 Å². The molecule has 2 aliphatic rings. The number of hydrogen-bond acceptors (Lipinski definition) is 7. The molecule has 0 unspecified atom stereocenters. The van der Waals surface area contributed by atoms with E-state index < -0.39 is 22.8 Å². The molecule has 2 aromatic carbocycles. The minimum absolute atomic E-state index is 0.0860. The lowest BCUT2D eigenvalue weighted by Crippen LogP contribution is -2.33. The van der Waals surface area contributed by atoms with E-state index in [1.807, 2.05) is 6.07 Å². The highest BCUT2D eigenvalue weighted by atomic mass is 32.2. The second-order valence-corrected chi connectivity index (χ2v) is 10.8. The molecule has 0 spiro atoms. The first kappa shape index (κ1) is 29.3. The van der Waals surface area contributed by atoms with Crippen LogP contribution < -0.4 is 21.7 Å². The number of nitrogens with zero attached hydrogens (tertiary/aromatic N) is 2. The normalized spacial score (nSPS) is 18.6. The number of carbonyl (C=O) groups excluding carboxylic acids is 3. The summed E-state index contributed by atoms with van der Waals surface area (Å²) in [6.07, 6.45) is 3.38. The number of halogens is 2. The lowest BCUT2D eigenvalue weighted by Gasteiger charge is -2.16. The van der Waals surface area contributed by atoms with Crippen LogP contribution in [0.2, 0.25) is 0 Å². The maximum absolute atomic E-state index is 13.5. The number of rotatable bonds is 11. The summed E-state index contributed by atoms with van der Waals surface area (Å²) in [4.78, 5) is 42.2. The fraction of sp³-hybridized carbons (Fsp3) is 0.393. The van der Waals surface area contributed by atoms with Crippen molar-refractivity contribution in [2.75, 3.05) is 49.9 Å². The van der Waals surface area contributed by atoms with Gasteiger partial charge in [0.05, 0.1) is 0 Å². The number of anilines is 2. The molecule has 4 rings (SSSR count). The number of likely N-dealkylation sites (tertiary alicyclic amines) is 1. The summed E-state index contributed by atoms with van der Waals surface area (Å²) in [7, 11) is 0. The summed E-state index contributed by atoms with van der Waals surface area (Å²) in [5.74, 6) is -2.84. The van der Waals surface area contributed by atoms with Gasteiger partial charge in [-0.2, -0.15) is 0 Å². The van der Waals surface area contributed by atoms with Crippen LogP contribution in [0.1, 0.15) is 36.5 Å². The molecule has 0 saturated carbocycles. The van der Waals surface area contributed by atoms with Gasteiger partial charge < -0.3 is 31.5 Å². The third-order valence-corrected chi connectivity index (χ3v) is 8.02. The largest absolute Gasteiger partial charge is 0.392 e. The Morgan fingerprint density at radius 1 is 1.07 bits per heavy atom. The Morgan fingerprint density at radius 2 is 1.80 bits per heavy atom. The van der Waals surface area contributed by atoms with Gasteiger partial charge in [-0.25, -0.2) is 8.78 Å². The van der Waals surface area contributed by atoms with E-state index in [1.165, 1.54) is 17.7 Å². The molecule has 214 valence electrons. The molecule has 0 aliphatic carbocycles. The molecule has 0 radical (unpaired) electrons. The molecule has 2 saturated heterocycles. The van der Waals surface area contributed by atoms with Gasteiger partial charge in [-0.3, -0.25) is 14.4 Å². The fourth-order valence-corrected chi connectivity index (χ4v) is 5.91. The SMILES string of the molecule is CCN1C(=O)[C@@H](CNc2cccc(C(=O)NCCCN3CCCC3)c2)S/C1=C(/N)C(=O)Nc1cc(F)cc(F)c1. The fourth-order valence-electron chi connectivity index (χ4n) is 4.68. The Hall–Kier alpha value is -3.64. The molecule has 40 heavy (non-hydrogen) atoms. The van der Waals surface area contributed by atoms with Crippen molar-refractivity contribution < 1.29 is 23.2 Å². The first-order chi connectivity index (χ1) is 19.2. The van der Waals surface area contributed by atoms with E-state index in [-0.39, 0.29) is 41.3 Å². The smallest absolute Gasteiger partial charge is 0.274 e. The average molecular weight is 573 g/mol. The van der Waals surface area contributed by atoms with E-state index >= 15 is 0 Å². The third kappa shape index (κ3) is 7.51. The highest BCUT2D eigenvalue weighted by molar-refractivity contribution is 8.04. The molecule has 1 atom stereocenters. The number of thioether (sulfide) groups is 1. The number of amides is 3. The van der Waals surface area contributed by atoms with Gasteiger partial charge in [-0.1, -0.05) is 17.8 Å². The molecule has 2 heterocycles. The van der Waals surface area contributed by atoms with Crippen LogP contribution in [0, 0.1) is 11.6 Å². The molecular weight excluding hydrogens is 538 g/mol. The Balaban J connectivity index is 1.33. The molecule has 0 bridgehead atoms. The van der Waals surface area contributed by atoms with Crippen LogP contribution in [0.15, 0.2) is 53.2 Å². The van der Waals surface area contributed by atoms with E-state index in [0.717, 1.165) is 49.9 Å². The van der Waals surface area contributed by atoms with Crippen molar-refractivity contribution in [3.8, 4) is 0 Å². The van der Waals surface area contributed by atoms with Crippen LogP contribution in [0.25, 0.3) is 0 Å². The summed E-state index contributed by atoms with van der Waals surface area (Å²) < 4.78 is 27.0.